The number of phenolic OH excluding ortho intramolecular Hbond substituents is 1. The van der Waals surface area contributed by atoms with Gasteiger partial charge in [-0.2, -0.15) is 4.31 Å². The van der Waals surface area contributed by atoms with E-state index in [4.69, 9.17) is 0 Å². The fourth-order valence-electron chi connectivity index (χ4n) is 2.81. The molecule has 142 valence electrons. The van der Waals surface area contributed by atoms with E-state index in [0.717, 1.165) is 25.9 Å². The molecule has 2 rings (SSSR count). The summed E-state index contributed by atoms with van der Waals surface area (Å²) in [5.41, 5.74) is 0.131. The molecule has 1 heterocycles. The van der Waals surface area contributed by atoms with Crippen molar-refractivity contribution >= 4 is 34.0 Å². The first-order valence-corrected chi connectivity index (χ1v) is 9.68. The number of nitrogens with one attached hydrogen (secondary N) is 2. The van der Waals surface area contributed by atoms with Crippen LogP contribution in [0, 0.1) is 5.92 Å². The monoisotopic (exact) mass is 391 g/mol. The molecule has 1 aromatic rings. The molecule has 0 bridgehead atoms. The maximum atomic E-state index is 12.6. The van der Waals surface area contributed by atoms with Gasteiger partial charge in [-0.3, -0.25) is 4.79 Å². The number of carbonyl (C=O) groups excluding carboxylic acids is 1. The summed E-state index contributed by atoms with van der Waals surface area (Å²) in [7, 11) is -3.64. The molecule has 0 radical (unpaired) electrons. The standard InChI is InChI=1S/C16H25N3O4S.ClH/c1-3-19(4-2)24(22,23)13-5-6-15(20)14(11-13)18-16(21)12-7-9-17-10-8-12;/h5-6,11-12,17,20H,3-4,7-10H2,1-2H3,(H,18,21);1H. The first-order valence-electron chi connectivity index (χ1n) is 8.24. The summed E-state index contributed by atoms with van der Waals surface area (Å²) in [5.74, 6) is -0.464. The smallest absolute Gasteiger partial charge is 0.243 e. The van der Waals surface area contributed by atoms with Gasteiger partial charge in [0.15, 0.2) is 0 Å². The van der Waals surface area contributed by atoms with Gasteiger partial charge in [-0.25, -0.2) is 8.42 Å². The minimum atomic E-state index is -3.64. The highest BCUT2D eigenvalue weighted by Crippen LogP contribution is 2.29. The Hall–Kier alpha value is -1.35. The molecule has 1 fully saturated rings. The van der Waals surface area contributed by atoms with Crippen molar-refractivity contribution in [1.29, 1.82) is 0 Å². The van der Waals surface area contributed by atoms with Crippen molar-refractivity contribution in [3.8, 4) is 5.75 Å². The maximum absolute atomic E-state index is 12.6. The number of nitrogens with zero attached hydrogens (tertiary/aromatic N) is 1. The van der Waals surface area contributed by atoms with Crippen LogP contribution in [-0.2, 0) is 14.8 Å². The van der Waals surface area contributed by atoms with Crippen LogP contribution < -0.4 is 10.6 Å². The van der Waals surface area contributed by atoms with E-state index in [1.54, 1.807) is 13.8 Å². The highest BCUT2D eigenvalue weighted by molar-refractivity contribution is 7.89. The van der Waals surface area contributed by atoms with Gasteiger partial charge in [0.1, 0.15) is 5.75 Å². The lowest BCUT2D eigenvalue weighted by Crippen LogP contribution is -2.34. The highest BCUT2D eigenvalue weighted by Gasteiger charge is 2.25. The third-order valence-electron chi connectivity index (χ3n) is 4.28. The zero-order valence-corrected chi connectivity index (χ0v) is 16.1. The lowest BCUT2D eigenvalue weighted by molar-refractivity contribution is -0.120. The maximum Gasteiger partial charge on any atom is 0.243 e. The third-order valence-corrected chi connectivity index (χ3v) is 6.32. The van der Waals surface area contributed by atoms with Crippen molar-refractivity contribution in [2.24, 2.45) is 5.92 Å². The van der Waals surface area contributed by atoms with Crippen LogP contribution >= 0.6 is 12.4 Å². The number of carbonyl (C=O) groups is 1. The number of phenols is 1. The summed E-state index contributed by atoms with van der Waals surface area (Å²) in [6, 6.07) is 3.97. The number of piperidine rings is 1. The van der Waals surface area contributed by atoms with Gasteiger partial charge < -0.3 is 15.7 Å². The number of halogens is 1. The normalized spacial score (nSPS) is 15.6. The van der Waals surface area contributed by atoms with E-state index in [0.29, 0.717) is 13.1 Å². The quantitative estimate of drug-likeness (QED) is 0.642. The van der Waals surface area contributed by atoms with E-state index in [1.807, 2.05) is 0 Å². The van der Waals surface area contributed by atoms with Crippen LogP contribution in [0.2, 0.25) is 0 Å². The predicted molar refractivity (Wildman–Crippen MR) is 99.7 cm³/mol. The number of rotatable bonds is 6. The number of sulfonamides is 1. The molecule has 0 unspecified atom stereocenters. The molecule has 0 spiro atoms. The molecule has 7 nitrogen and oxygen atoms in total. The molecule has 0 atom stereocenters. The van der Waals surface area contributed by atoms with Crippen molar-refractivity contribution in [2.45, 2.75) is 31.6 Å². The molecule has 1 aliphatic heterocycles. The second kappa shape index (κ2) is 9.38. The molecular weight excluding hydrogens is 366 g/mol. The average Bonchev–Trinajstić information content (AvgIpc) is 2.58. The fourth-order valence-corrected chi connectivity index (χ4v) is 4.29. The van der Waals surface area contributed by atoms with Gasteiger partial charge in [-0.1, -0.05) is 13.8 Å². The van der Waals surface area contributed by atoms with Crippen LogP contribution in [0.15, 0.2) is 23.1 Å². The number of aromatic hydroxyl groups is 1. The molecule has 0 saturated carbocycles. The van der Waals surface area contributed by atoms with Crippen LogP contribution in [0.3, 0.4) is 0 Å². The zero-order valence-electron chi connectivity index (χ0n) is 14.5. The summed E-state index contributed by atoms with van der Waals surface area (Å²) < 4.78 is 26.5. The summed E-state index contributed by atoms with van der Waals surface area (Å²) >= 11 is 0. The molecule has 1 amide bonds. The van der Waals surface area contributed by atoms with E-state index in [-0.39, 0.29) is 40.6 Å². The molecular formula is C16H26ClN3O4S. The van der Waals surface area contributed by atoms with Gasteiger partial charge in [-0.15, -0.1) is 12.4 Å². The summed E-state index contributed by atoms with van der Waals surface area (Å²) in [6.45, 7) is 5.80. The largest absolute Gasteiger partial charge is 0.506 e. The first-order chi connectivity index (χ1) is 11.4. The summed E-state index contributed by atoms with van der Waals surface area (Å²) in [6.07, 6.45) is 1.45. The molecule has 1 aliphatic rings. The minimum Gasteiger partial charge on any atom is -0.506 e. The van der Waals surface area contributed by atoms with Gasteiger partial charge in [0, 0.05) is 19.0 Å². The summed E-state index contributed by atoms with van der Waals surface area (Å²) in [4.78, 5) is 12.4. The van der Waals surface area contributed by atoms with Crippen LogP contribution in [-0.4, -0.2) is 49.9 Å². The van der Waals surface area contributed by atoms with Crippen LogP contribution in [0.25, 0.3) is 0 Å². The Balaban J connectivity index is 0.00000312. The van der Waals surface area contributed by atoms with E-state index < -0.39 is 10.0 Å². The lowest BCUT2D eigenvalue weighted by Gasteiger charge is -2.22. The SMILES string of the molecule is CCN(CC)S(=O)(=O)c1ccc(O)c(NC(=O)C2CCNCC2)c1.Cl. The van der Waals surface area contributed by atoms with E-state index in [9.17, 15) is 18.3 Å². The molecule has 0 aliphatic carbocycles. The van der Waals surface area contributed by atoms with Gasteiger partial charge >= 0.3 is 0 Å². The molecule has 1 saturated heterocycles. The van der Waals surface area contributed by atoms with Crippen LogP contribution in [0.1, 0.15) is 26.7 Å². The number of hydrogen-bond donors (Lipinski definition) is 3. The van der Waals surface area contributed by atoms with Crippen molar-refractivity contribution in [1.82, 2.24) is 9.62 Å². The number of benzene rings is 1. The van der Waals surface area contributed by atoms with Crippen molar-refractivity contribution in [2.75, 3.05) is 31.5 Å². The Kier molecular flexibility index (Phi) is 8.14. The Morgan fingerprint density at radius 3 is 2.44 bits per heavy atom. The second-order valence-corrected chi connectivity index (χ2v) is 7.72. The number of amides is 1. The Labute approximate surface area is 155 Å². The van der Waals surface area contributed by atoms with Crippen molar-refractivity contribution in [3.05, 3.63) is 18.2 Å². The van der Waals surface area contributed by atoms with Crippen LogP contribution in [0.5, 0.6) is 5.75 Å². The lowest BCUT2D eigenvalue weighted by atomic mass is 9.97. The van der Waals surface area contributed by atoms with Crippen molar-refractivity contribution < 1.29 is 18.3 Å². The average molecular weight is 392 g/mol. The second-order valence-electron chi connectivity index (χ2n) is 5.78. The highest BCUT2D eigenvalue weighted by atomic mass is 35.5. The Morgan fingerprint density at radius 1 is 1.28 bits per heavy atom. The van der Waals surface area contributed by atoms with Gasteiger partial charge in [0.25, 0.3) is 0 Å². The molecule has 25 heavy (non-hydrogen) atoms. The van der Waals surface area contributed by atoms with E-state index >= 15 is 0 Å². The number of hydrogen-bond acceptors (Lipinski definition) is 5. The van der Waals surface area contributed by atoms with Crippen LogP contribution in [0.4, 0.5) is 5.69 Å². The molecule has 3 N–H and O–H groups in total. The topological polar surface area (TPSA) is 98.7 Å². The number of anilines is 1. The predicted octanol–water partition coefficient (Wildman–Crippen LogP) is 1.78. The van der Waals surface area contributed by atoms with Gasteiger partial charge in [0.2, 0.25) is 15.9 Å². The van der Waals surface area contributed by atoms with Crippen molar-refractivity contribution in [3.63, 3.8) is 0 Å². The summed E-state index contributed by atoms with van der Waals surface area (Å²) in [5, 5.41) is 15.8. The van der Waals surface area contributed by atoms with Gasteiger partial charge in [-0.05, 0) is 44.1 Å². The molecule has 0 aromatic heterocycles. The minimum absolute atomic E-state index is 0. The Morgan fingerprint density at radius 2 is 1.88 bits per heavy atom. The molecule has 1 aromatic carbocycles. The van der Waals surface area contributed by atoms with Gasteiger partial charge in [0.05, 0.1) is 10.6 Å². The molecule has 9 heteroatoms. The third kappa shape index (κ3) is 5.07. The Bertz CT molecular complexity index is 687. The first kappa shape index (κ1) is 21.7. The van der Waals surface area contributed by atoms with E-state index in [1.165, 1.54) is 22.5 Å². The fraction of sp³-hybridized carbons (Fsp3) is 0.562. The van der Waals surface area contributed by atoms with E-state index in [2.05, 4.69) is 10.6 Å². The zero-order chi connectivity index (χ0) is 17.7.